The number of nitrogens with two attached hydrogens (primary N) is 1. The molecular weight excluding hydrogens is 590 g/mol. The number of piperidine rings is 1. The number of methoxy groups -OCH3 is 1. The topological polar surface area (TPSA) is 107 Å². The average molecular weight is 615 g/mol. The minimum absolute atomic E-state index is 0. The second-order valence-electron chi connectivity index (χ2n) is 9.48. The molecule has 0 aliphatic carbocycles. The normalized spacial score (nSPS) is 17.1. The summed E-state index contributed by atoms with van der Waals surface area (Å²) in [6, 6.07) is 4.30. The van der Waals surface area contributed by atoms with Gasteiger partial charge in [0.25, 0.3) is 0 Å². The van der Waals surface area contributed by atoms with Crippen LogP contribution in [0.15, 0.2) is 49.1 Å². The van der Waals surface area contributed by atoms with Gasteiger partial charge in [-0.1, -0.05) is 0 Å². The van der Waals surface area contributed by atoms with E-state index in [-0.39, 0.29) is 54.1 Å². The first-order valence-electron chi connectivity index (χ1n) is 12.4. The molecular formula is C26H25ClF6N8O. The summed E-state index contributed by atoms with van der Waals surface area (Å²) in [7, 11) is 1.26. The average Bonchev–Trinajstić information content (AvgIpc) is 3.34. The molecule has 3 N–H and O–H groups in total. The van der Waals surface area contributed by atoms with Crippen molar-refractivity contribution < 1.29 is 31.1 Å². The molecule has 0 spiro atoms. The molecule has 1 saturated heterocycles. The zero-order valence-electron chi connectivity index (χ0n) is 21.9. The van der Waals surface area contributed by atoms with E-state index in [4.69, 9.17) is 10.5 Å². The molecule has 0 bridgehead atoms. The predicted octanol–water partition coefficient (Wildman–Crippen LogP) is 5.29. The van der Waals surface area contributed by atoms with Crippen molar-refractivity contribution in [1.29, 1.82) is 0 Å². The number of hydrogen-bond donors (Lipinski definition) is 2. The van der Waals surface area contributed by atoms with E-state index in [9.17, 15) is 26.3 Å². The number of rotatable bonds is 7. The van der Waals surface area contributed by atoms with E-state index in [1.54, 1.807) is 11.0 Å². The van der Waals surface area contributed by atoms with Gasteiger partial charge in [-0.15, -0.1) is 12.4 Å². The van der Waals surface area contributed by atoms with E-state index in [1.807, 2.05) is 0 Å². The maximum atomic E-state index is 14.6. The summed E-state index contributed by atoms with van der Waals surface area (Å²) in [5.74, 6) is -1.48. The van der Waals surface area contributed by atoms with Crippen molar-refractivity contribution in [3.05, 3.63) is 60.7 Å². The maximum absolute atomic E-state index is 14.6. The minimum atomic E-state index is -4.46. The number of nitrogens with one attached hydrogen (secondary N) is 1. The van der Waals surface area contributed by atoms with Crippen molar-refractivity contribution in [1.82, 2.24) is 24.7 Å². The second kappa shape index (κ2) is 12.4. The van der Waals surface area contributed by atoms with Crippen LogP contribution in [-0.4, -0.2) is 63.3 Å². The van der Waals surface area contributed by atoms with E-state index < -0.39 is 36.6 Å². The van der Waals surface area contributed by atoms with Gasteiger partial charge < -0.3 is 20.7 Å². The van der Waals surface area contributed by atoms with Gasteiger partial charge >= 0.3 is 6.18 Å². The molecule has 16 heteroatoms. The molecule has 4 heterocycles. The van der Waals surface area contributed by atoms with Gasteiger partial charge in [0.15, 0.2) is 5.82 Å². The molecule has 0 unspecified atom stereocenters. The number of benzene rings is 1. The zero-order chi connectivity index (χ0) is 29.3. The minimum Gasteiger partial charge on any atom is -0.496 e. The smallest absolute Gasteiger partial charge is 0.408 e. The quantitative estimate of drug-likeness (QED) is 0.271. The number of halogens is 7. The fourth-order valence-electron chi connectivity index (χ4n) is 4.65. The Kier molecular flexibility index (Phi) is 9.11. The number of nitrogens with zero attached hydrogens (tertiary/aromatic N) is 6. The number of aromatic nitrogens is 5. The Morgan fingerprint density at radius 3 is 2.60 bits per heavy atom. The molecule has 2 atom stereocenters. The molecule has 0 radical (unpaired) electrons. The molecule has 224 valence electrons. The van der Waals surface area contributed by atoms with Crippen molar-refractivity contribution in [2.45, 2.75) is 31.4 Å². The van der Waals surface area contributed by atoms with Gasteiger partial charge in [-0.2, -0.15) is 18.3 Å². The molecule has 1 aliphatic heterocycles. The largest absolute Gasteiger partial charge is 0.496 e. The summed E-state index contributed by atoms with van der Waals surface area (Å²) in [6.07, 6.45) is -0.209. The lowest BCUT2D eigenvalue weighted by atomic mass is 10.0. The number of pyridine rings is 1. The third kappa shape index (κ3) is 7.02. The van der Waals surface area contributed by atoms with Gasteiger partial charge in [0.05, 0.1) is 24.6 Å². The summed E-state index contributed by atoms with van der Waals surface area (Å²) in [5, 5.41) is 6.78. The van der Waals surface area contributed by atoms with E-state index in [0.717, 1.165) is 10.7 Å². The fraction of sp³-hybridized carbons (Fsp3) is 0.308. The first kappa shape index (κ1) is 30.8. The Labute approximate surface area is 242 Å². The molecule has 3 aromatic heterocycles. The lowest BCUT2D eigenvalue weighted by Crippen LogP contribution is -2.48. The highest BCUT2D eigenvalue weighted by Crippen LogP contribution is 2.36. The van der Waals surface area contributed by atoms with Crippen LogP contribution < -0.4 is 20.7 Å². The maximum Gasteiger partial charge on any atom is 0.408 e. The molecule has 0 amide bonds. The van der Waals surface area contributed by atoms with Crippen LogP contribution >= 0.6 is 12.4 Å². The van der Waals surface area contributed by atoms with Crippen molar-refractivity contribution in [2.24, 2.45) is 5.73 Å². The first-order chi connectivity index (χ1) is 19.5. The molecule has 4 aromatic rings. The van der Waals surface area contributed by atoms with Crippen molar-refractivity contribution >= 4 is 29.7 Å². The van der Waals surface area contributed by atoms with Crippen LogP contribution in [0, 0.1) is 11.6 Å². The van der Waals surface area contributed by atoms with Gasteiger partial charge in [0.1, 0.15) is 41.7 Å². The highest BCUT2D eigenvalue weighted by molar-refractivity contribution is 5.85. The monoisotopic (exact) mass is 614 g/mol. The van der Waals surface area contributed by atoms with E-state index in [0.29, 0.717) is 29.4 Å². The van der Waals surface area contributed by atoms with Crippen LogP contribution in [0.1, 0.15) is 6.42 Å². The Hall–Kier alpha value is -4.11. The molecule has 0 saturated carbocycles. The van der Waals surface area contributed by atoms with Gasteiger partial charge in [0.2, 0.25) is 0 Å². The van der Waals surface area contributed by atoms with Gasteiger partial charge in [0, 0.05) is 67.0 Å². The summed E-state index contributed by atoms with van der Waals surface area (Å²) >= 11 is 0. The molecule has 5 rings (SSSR count). The predicted molar refractivity (Wildman–Crippen MR) is 146 cm³/mol. The van der Waals surface area contributed by atoms with Gasteiger partial charge in [-0.05, 0) is 12.5 Å². The van der Waals surface area contributed by atoms with Crippen LogP contribution in [0.5, 0.6) is 5.75 Å². The lowest BCUT2D eigenvalue weighted by Gasteiger charge is -2.35. The number of ether oxygens (including phenoxy) is 1. The van der Waals surface area contributed by atoms with Gasteiger partial charge in [-0.25, -0.2) is 28.1 Å². The van der Waals surface area contributed by atoms with E-state index >= 15 is 0 Å². The van der Waals surface area contributed by atoms with Gasteiger partial charge in [-0.3, -0.25) is 4.68 Å². The van der Waals surface area contributed by atoms with Crippen molar-refractivity contribution in [3.63, 3.8) is 0 Å². The number of anilines is 3. The van der Waals surface area contributed by atoms with E-state index in [1.165, 1.54) is 38.0 Å². The standard InChI is InChI=1S/C26H24F6N8O.ClH/c1-41-21-6-15(27)5-19(29)24(21)25-34-3-2-22(38-25)37-23-7-20(39-11-16(28)4-17(33)12-39)18(9-35-23)14-8-36-40(10-14)13-26(30,31)32;/h2-3,5-10,16-17H,4,11-13,33H2,1H3,(H,34,35,37,38);1H/t16-,17-;/m0./s1. The fourth-order valence-corrected chi connectivity index (χ4v) is 4.65. The molecule has 1 aliphatic rings. The van der Waals surface area contributed by atoms with Crippen LogP contribution in [0.4, 0.5) is 43.7 Å². The Morgan fingerprint density at radius 2 is 1.88 bits per heavy atom. The zero-order valence-corrected chi connectivity index (χ0v) is 22.8. The third-order valence-electron chi connectivity index (χ3n) is 6.31. The molecule has 1 aromatic carbocycles. The Bertz CT molecular complexity index is 1540. The summed E-state index contributed by atoms with van der Waals surface area (Å²) in [6.45, 7) is -0.955. The summed E-state index contributed by atoms with van der Waals surface area (Å²) in [5.41, 5.74) is 7.15. The number of alkyl halides is 4. The lowest BCUT2D eigenvalue weighted by molar-refractivity contribution is -0.142. The first-order valence-corrected chi connectivity index (χ1v) is 12.4. The molecule has 9 nitrogen and oxygen atoms in total. The van der Waals surface area contributed by atoms with Crippen LogP contribution in [0.2, 0.25) is 0 Å². The van der Waals surface area contributed by atoms with E-state index in [2.05, 4.69) is 25.4 Å². The second-order valence-corrected chi connectivity index (χ2v) is 9.48. The van der Waals surface area contributed by atoms with Crippen LogP contribution in [-0.2, 0) is 6.54 Å². The Morgan fingerprint density at radius 1 is 1.10 bits per heavy atom. The number of hydrogen-bond acceptors (Lipinski definition) is 8. The third-order valence-corrected chi connectivity index (χ3v) is 6.31. The van der Waals surface area contributed by atoms with Crippen LogP contribution in [0.25, 0.3) is 22.5 Å². The molecule has 42 heavy (non-hydrogen) atoms. The van der Waals surface area contributed by atoms with Crippen molar-refractivity contribution in [2.75, 3.05) is 30.4 Å². The highest BCUT2D eigenvalue weighted by atomic mass is 35.5. The van der Waals surface area contributed by atoms with Crippen molar-refractivity contribution in [3.8, 4) is 28.3 Å². The molecule has 1 fully saturated rings. The summed E-state index contributed by atoms with van der Waals surface area (Å²) in [4.78, 5) is 14.4. The Balaban J connectivity index is 0.00000405. The van der Waals surface area contributed by atoms with Crippen LogP contribution in [0.3, 0.4) is 0 Å². The summed E-state index contributed by atoms with van der Waals surface area (Å²) < 4.78 is 87.3. The highest BCUT2D eigenvalue weighted by Gasteiger charge is 2.30. The SMILES string of the molecule is COc1cc(F)cc(F)c1-c1nccc(Nc2cc(N3C[C@@H](N)C[C@H](F)C3)c(-c3cnn(CC(F)(F)F)c3)cn2)n1.Cl.